The van der Waals surface area contributed by atoms with Gasteiger partial charge in [0.1, 0.15) is 5.82 Å². The Hall–Kier alpha value is -3.67. The van der Waals surface area contributed by atoms with Crippen molar-refractivity contribution >= 4 is 40.8 Å². The van der Waals surface area contributed by atoms with Crippen molar-refractivity contribution in [1.29, 1.82) is 5.26 Å². The highest BCUT2D eigenvalue weighted by atomic mass is 35.5. The zero-order chi connectivity index (χ0) is 27.6. The van der Waals surface area contributed by atoms with Crippen molar-refractivity contribution in [3.63, 3.8) is 0 Å². The van der Waals surface area contributed by atoms with E-state index in [0.29, 0.717) is 18.4 Å². The highest BCUT2D eigenvalue weighted by Crippen LogP contribution is 2.38. The molecule has 210 valence electrons. The van der Waals surface area contributed by atoms with Crippen LogP contribution in [0, 0.1) is 23.7 Å². The molecule has 9 heteroatoms. The lowest BCUT2D eigenvalue weighted by Crippen LogP contribution is -2.49. The number of hydrogen-bond donors (Lipinski definition) is 3. The van der Waals surface area contributed by atoms with Gasteiger partial charge in [0.15, 0.2) is 0 Å². The Morgan fingerprint density at radius 2 is 1.80 bits per heavy atom. The summed E-state index contributed by atoms with van der Waals surface area (Å²) in [5.41, 5.74) is 4.11. The Kier molecular flexibility index (Phi) is 8.67. The van der Waals surface area contributed by atoms with Crippen LogP contribution in [0.15, 0.2) is 66.1 Å². The molecule has 40 heavy (non-hydrogen) atoms. The molecule has 0 amide bonds. The molecule has 0 radical (unpaired) electrons. The maximum absolute atomic E-state index is 10.1. The van der Waals surface area contributed by atoms with Crippen molar-refractivity contribution in [2.75, 3.05) is 28.6 Å². The monoisotopic (exact) mass is 558 g/mol. The molecule has 0 bridgehead atoms. The van der Waals surface area contributed by atoms with Crippen molar-refractivity contribution in [3.8, 4) is 6.07 Å². The van der Waals surface area contributed by atoms with Crippen LogP contribution in [0.25, 0.3) is 10.9 Å². The maximum atomic E-state index is 10.1. The highest BCUT2D eigenvalue weighted by Gasteiger charge is 2.33. The first-order chi connectivity index (χ1) is 18.6. The van der Waals surface area contributed by atoms with Gasteiger partial charge in [-0.05, 0) is 71.7 Å². The fourth-order valence-corrected chi connectivity index (χ4v) is 5.42. The molecule has 1 atom stereocenters. The van der Waals surface area contributed by atoms with E-state index in [4.69, 9.17) is 4.98 Å². The molecule has 3 aromatic rings. The number of pyridine rings is 1. The van der Waals surface area contributed by atoms with Gasteiger partial charge >= 0.3 is 0 Å². The summed E-state index contributed by atoms with van der Waals surface area (Å²) in [5, 5.41) is 21.8. The van der Waals surface area contributed by atoms with Gasteiger partial charge in [0.25, 0.3) is 0 Å². The highest BCUT2D eigenvalue weighted by molar-refractivity contribution is 5.93. The molecule has 1 aromatic carbocycles. The van der Waals surface area contributed by atoms with Gasteiger partial charge in [-0.3, -0.25) is 0 Å². The van der Waals surface area contributed by atoms with Gasteiger partial charge in [-0.1, -0.05) is 18.2 Å². The van der Waals surface area contributed by atoms with Crippen LogP contribution in [-0.2, 0) is 0 Å². The second-order valence-electron chi connectivity index (χ2n) is 11.9. The van der Waals surface area contributed by atoms with E-state index in [1.54, 1.807) is 6.20 Å². The number of rotatable bonds is 6. The molecule has 2 aliphatic rings. The third-order valence-electron chi connectivity index (χ3n) is 7.33. The maximum Gasteiger partial charge on any atom is 0.227 e. The van der Waals surface area contributed by atoms with Gasteiger partial charge < -0.3 is 20.9 Å². The molecule has 3 N–H and O–H groups in total. The van der Waals surface area contributed by atoms with Crippen LogP contribution < -0.4 is 20.9 Å². The van der Waals surface area contributed by atoms with E-state index in [9.17, 15) is 5.26 Å². The first kappa shape index (κ1) is 29.3. The van der Waals surface area contributed by atoms with E-state index >= 15 is 0 Å². The number of anilines is 3. The third kappa shape index (κ3) is 6.72. The summed E-state index contributed by atoms with van der Waals surface area (Å²) < 4.78 is 0. The molecule has 1 fully saturated rings. The molecule has 1 unspecified atom stereocenters. The fraction of sp³-hybridized carbons (Fsp3) is 0.419. The second kappa shape index (κ2) is 11.8. The van der Waals surface area contributed by atoms with Gasteiger partial charge in [0.2, 0.25) is 5.95 Å². The summed E-state index contributed by atoms with van der Waals surface area (Å²) in [5.74, 6) is 1.28. The third-order valence-corrected chi connectivity index (χ3v) is 7.33. The minimum absolute atomic E-state index is 0. The van der Waals surface area contributed by atoms with E-state index < -0.39 is 5.41 Å². The number of aryl methyl sites for hydroxylation is 1. The van der Waals surface area contributed by atoms with Crippen LogP contribution in [0.3, 0.4) is 0 Å². The van der Waals surface area contributed by atoms with Crippen molar-refractivity contribution in [2.24, 2.45) is 5.41 Å². The number of nitriles is 1. The fourth-order valence-electron chi connectivity index (χ4n) is 5.42. The van der Waals surface area contributed by atoms with Gasteiger partial charge in [-0.15, -0.1) is 12.4 Å². The summed E-state index contributed by atoms with van der Waals surface area (Å²) in [7, 11) is 0. The molecule has 3 heterocycles. The molecular formula is C31H39ClN8. The van der Waals surface area contributed by atoms with E-state index in [1.165, 1.54) is 5.69 Å². The Morgan fingerprint density at radius 3 is 2.50 bits per heavy atom. The molecule has 1 saturated heterocycles. The summed E-state index contributed by atoms with van der Waals surface area (Å²) in [6.07, 6.45) is 8.39. The average Bonchev–Trinajstić information content (AvgIpc) is 2.89. The number of piperidine rings is 1. The van der Waals surface area contributed by atoms with Crippen LogP contribution in [0.2, 0.25) is 0 Å². The van der Waals surface area contributed by atoms with Crippen LogP contribution in [0.4, 0.5) is 17.5 Å². The van der Waals surface area contributed by atoms with Gasteiger partial charge in [0, 0.05) is 71.5 Å². The van der Waals surface area contributed by atoms with Crippen LogP contribution >= 0.6 is 12.4 Å². The predicted molar refractivity (Wildman–Crippen MR) is 166 cm³/mol. The van der Waals surface area contributed by atoms with Crippen molar-refractivity contribution in [1.82, 2.24) is 20.3 Å². The predicted octanol–water partition coefficient (Wildman–Crippen LogP) is 6.34. The molecule has 8 nitrogen and oxygen atoms in total. The van der Waals surface area contributed by atoms with Crippen LogP contribution in [0.1, 0.15) is 52.7 Å². The summed E-state index contributed by atoms with van der Waals surface area (Å²) in [6.45, 7) is 12.5. The minimum atomic E-state index is -0.758. The number of nitrogens with one attached hydrogen (secondary N) is 3. The standard InChI is InChI=1S/C31H38N8.ClH/c1-21-12-15-33-29(34-21)37-27-11-10-23(19-31(27,5)20-32)35-28-18-26(24-8-6-7-9-25(24)36-28)39-16-13-22(14-17-39)38-30(2,3)4;/h6-12,15,18,22,38H,13-14,16-17,19H2,1-5H3,(H,35,36)(H,33,34,37);1H. The summed E-state index contributed by atoms with van der Waals surface area (Å²) in [6, 6.07) is 15.4. The Balaban J connectivity index is 0.00000370. The SMILES string of the molecule is Cc1ccnc(NC2=CC=C(Nc3cc(N4CCC(NC(C)(C)C)CC4)c4ccccc4n3)CC2(C)C#N)n1.Cl. The summed E-state index contributed by atoms with van der Waals surface area (Å²) in [4.78, 5) is 16.1. The zero-order valence-corrected chi connectivity index (χ0v) is 24.8. The van der Waals surface area contributed by atoms with Crippen molar-refractivity contribution < 1.29 is 0 Å². The first-order valence-electron chi connectivity index (χ1n) is 13.7. The number of nitrogens with zero attached hydrogens (tertiary/aromatic N) is 5. The molecule has 0 saturated carbocycles. The Bertz CT molecular complexity index is 1460. The quantitative estimate of drug-likeness (QED) is 0.322. The van der Waals surface area contributed by atoms with E-state index in [1.807, 2.05) is 38.1 Å². The molecule has 2 aromatic heterocycles. The van der Waals surface area contributed by atoms with Crippen LogP contribution in [-0.4, -0.2) is 39.6 Å². The lowest BCUT2D eigenvalue weighted by atomic mass is 9.80. The largest absolute Gasteiger partial charge is 0.371 e. The average molecular weight is 559 g/mol. The minimum Gasteiger partial charge on any atom is -0.371 e. The lowest BCUT2D eigenvalue weighted by molar-refractivity contribution is 0.317. The molecule has 1 aliphatic heterocycles. The molecule has 0 spiro atoms. The lowest BCUT2D eigenvalue weighted by Gasteiger charge is -2.37. The molecule has 5 rings (SSSR count). The second-order valence-corrected chi connectivity index (χ2v) is 11.9. The first-order valence-corrected chi connectivity index (χ1v) is 13.7. The smallest absolute Gasteiger partial charge is 0.227 e. The number of halogens is 1. The Labute approximate surface area is 243 Å². The number of benzene rings is 1. The topological polar surface area (TPSA) is 102 Å². The van der Waals surface area contributed by atoms with Gasteiger partial charge in [-0.2, -0.15) is 5.26 Å². The van der Waals surface area contributed by atoms with Crippen LogP contribution in [0.5, 0.6) is 0 Å². The van der Waals surface area contributed by atoms with Gasteiger partial charge in [-0.25, -0.2) is 15.0 Å². The number of hydrogen-bond acceptors (Lipinski definition) is 8. The number of para-hydroxylation sites is 1. The zero-order valence-electron chi connectivity index (χ0n) is 24.0. The normalized spacial score (nSPS) is 19.8. The van der Waals surface area contributed by atoms with E-state index in [0.717, 1.165) is 59.7 Å². The molecular weight excluding hydrogens is 520 g/mol. The van der Waals surface area contributed by atoms with Crippen molar-refractivity contribution in [2.45, 2.75) is 65.5 Å². The van der Waals surface area contributed by atoms with Crippen molar-refractivity contribution in [3.05, 3.63) is 71.8 Å². The van der Waals surface area contributed by atoms with E-state index in [2.05, 4.69) is 81.9 Å². The molecule has 1 aliphatic carbocycles. The van der Waals surface area contributed by atoms with E-state index in [-0.39, 0.29) is 17.9 Å². The number of aromatic nitrogens is 3. The van der Waals surface area contributed by atoms with Gasteiger partial charge in [0.05, 0.1) is 17.0 Å². The Morgan fingerprint density at radius 1 is 1.05 bits per heavy atom. The summed E-state index contributed by atoms with van der Waals surface area (Å²) >= 11 is 0. The number of allylic oxidation sites excluding steroid dienone is 4. The number of fused-ring (bicyclic) bond motifs is 1.